The molecule has 1 saturated heterocycles. The second-order valence-corrected chi connectivity index (χ2v) is 5.88. The van der Waals surface area contributed by atoms with Gasteiger partial charge in [-0.2, -0.15) is 0 Å². The Morgan fingerprint density at radius 3 is 2.95 bits per heavy atom. The third-order valence-electron chi connectivity index (χ3n) is 3.28. The Balaban J connectivity index is 2.24. The molecule has 4 nitrogen and oxygen atoms in total. The quantitative estimate of drug-likeness (QED) is 0.884. The van der Waals surface area contributed by atoms with E-state index in [9.17, 15) is 5.11 Å². The van der Waals surface area contributed by atoms with Crippen molar-refractivity contribution in [1.82, 2.24) is 5.32 Å². The number of rotatable bonds is 4. The highest BCUT2D eigenvalue weighted by Crippen LogP contribution is 2.27. The summed E-state index contributed by atoms with van der Waals surface area (Å²) in [7, 11) is 1.95. The van der Waals surface area contributed by atoms with E-state index >= 15 is 0 Å². The predicted molar refractivity (Wildman–Crippen MR) is 80.5 cm³/mol. The number of hydrogen-bond donors (Lipinski definition) is 2. The van der Waals surface area contributed by atoms with Gasteiger partial charge in [0.05, 0.1) is 18.8 Å². The number of anilines is 1. The van der Waals surface area contributed by atoms with E-state index in [1.54, 1.807) is 0 Å². The van der Waals surface area contributed by atoms with E-state index in [1.165, 1.54) is 11.3 Å². The molecule has 0 bridgehead atoms. The third-order valence-corrected chi connectivity index (χ3v) is 3.77. The Bertz CT molecular complexity index is 428. The van der Waals surface area contributed by atoms with E-state index in [-0.39, 0.29) is 18.8 Å². The lowest BCUT2D eigenvalue weighted by molar-refractivity contribution is -0.0421. The first-order valence-electron chi connectivity index (χ1n) is 6.58. The van der Waals surface area contributed by atoms with Gasteiger partial charge in [-0.1, -0.05) is 15.9 Å². The average Bonchev–Trinajstić information content (AvgIpc) is 2.38. The molecule has 106 valence electrons. The average molecular weight is 329 g/mol. The highest BCUT2D eigenvalue weighted by atomic mass is 79.9. The Hall–Kier alpha value is -0.620. The van der Waals surface area contributed by atoms with Crippen molar-refractivity contribution in [3.63, 3.8) is 0 Å². The summed E-state index contributed by atoms with van der Waals surface area (Å²) in [5.74, 6) is 0. The molecule has 1 heterocycles. The Morgan fingerprint density at radius 2 is 2.26 bits per heavy atom. The molecule has 0 saturated carbocycles. The van der Waals surface area contributed by atoms with Gasteiger partial charge in [0, 0.05) is 29.8 Å². The van der Waals surface area contributed by atoms with E-state index < -0.39 is 0 Å². The van der Waals surface area contributed by atoms with Gasteiger partial charge in [-0.15, -0.1) is 0 Å². The van der Waals surface area contributed by atoms with E-state index in [0.717, 1.165) is 24.1 Å². The van der Waals surface area contributed by atoms with Crippen LogP contribution in [0.15, 0.2) is 22.7 Å². The van der Waals surface area contributed by atoms with E-state index in [0.29, 0.717) is 0 Å². The standard InChI is InChI=1S/C14H21BrN2O2/c1-10-7-17(8-13(9-18)19-10)14-4-3-12(15)5-11(14)6-16-2/h3-5,10,13,16,18H,6-9H2,1-2H3. The van der Waals surface area contributed by atoms with Crippen molar-refractivity contribution < 1.29 is 9.84 Å². The maximum Gasteiger partial charge on any atom is 0.0984 e. The fourth-order valence-electron chi connectivity index (χ4n) is 2.54. The zero-order chi connectivity index (χ0) is 13.8. The number of aliphatic hydroxyl groups is 1. The van der Waals surface area contributed by atoms with Gasteiger partial charge in [0.25, 0.3) is 0 Å². The summed E-state index contributed by atoms with van der Waals surface area (Å²) in [5, 5.41) is 12.5. The topological polar surface area (TPSA) is 44.7 Å². The molecule has 2 atom stereocenters. The largest absolute Gasteiger partial charge is 0.394 e. The zero-order valence-electron chi connectivity index (χ0n) is 11.4. The maximum absolute atomic E-state index is 9.32. The number of nitrogens with one attached hydrogen (secondary N) is 1. The number of nitrogens with zero attached hydrogens (tertiary/aromatic N) is 1. The first-order chi connectivity index (χ1) is 9.13. The van der Waals surface area contributed by atoms with E-state index in [2.05, 4.69) is 44.3 Å². The van der Waals surface area contributed by atoms with Gasteiger partial charge in [-0.25, -0.2) is 0 Å². The van der Waals surface area contributed by atoms with Crippen LogP contribution >= 0.6 is 15.9 Å². The highest BCUT2D eigenvalue weighted by molar-refractivity contribution is 9.10. The van der Waals surface area contributed by atoms with Gasteiger partial charge in [0.1, 0.15) is 0 Å². The van der Waals surface area contributed by atoms with Crippen molar-refractivity contribution in [3.8, 4) is 0 Å². The molecule has 5 heteroatoms. The Labute approximate surface area is 122 Å². The smallest absolute Gasteiger partial charge is 0.0984 e. The predicted octanol–water partition coefficient (Wildman–Crippen LogP) is 1.75. The summed E-state index contributed by atoms with van der Waals surface area (Å²) in [6.07, 6.45) is 0.0341. The second kappa shape index (κ2) is 6.70. The summed E-state index contributed by atoms with van der Waals surface area (Å²) in [6, 6.07) is 6.33. The van der Waals surface area contributed by atoms with Crippen molar-refractivity contribution in [2.24, 2.45) is 0 Å². The maximum atomic E-state index is 9.32. The molecule has 19 heavy (non-hydrogen) atoms. The minimum absolute atomic E-state index is 0.0682. The Morgan fingerprint density at radius 1 is 1.47 bits per heavy atom. The fourth-order valence-corrected chi connectivity index (χ4v) is 2.95. The SMILES string of the molecule is CNCc1cc(Br)ccc1N1CC(C)OC(CO)C1. The van der Waals surface area contributed by atoms with Crippen molar-refractivity contribution >= 4 is 21.6 Å². The molecule has 1 aliphatic rings. The molecule has 0 aromatic heterocycles. The minimum Gasteiger partial charge on any atom is -0.394 e. The van der Waals surface area contributed by atoms with E-state index in [4.69, 9.17) is 4.74 Å². The number of benzene rings is 1. The number of aliphatic hydroxyl groups excluding tert-OH is 1. The van der Waals surface area contributed by atoms with Crippen LogP contribution in [0.5, 0.6) is 0 Å². The summed E-state index contributed by atoms with van der Waals surface area (Å²) in [4.78, 5) is 2.30. The molecular weight excluding hydrogens is 308 g/mol. The van der Waals surface area contributed by atoms with Crippen LogP contribution in [-0.4, -0.2) is 44.1 Å². The molecule has 0 spiro atoms. The molecule has 0 radical (unpaired) electrons. The molecule has 1 aliphatic heterocycles. The van der Waals surface area contributed by atoms with Crippen molar-refractivity contribution in [1.29, 1.82) is 0 Å². The monoisotopic (exact) mass is 328 g/mol. The summed E-state index contributed by atoms with van der Waals surface area (Å²) in [5.41, 5.74) is 2.47. The van der Waals surface area contributed by atoms with Gasteiger partial charge in [-0.05, 0) is 37.7 Å². The van der Waals surface area contributed by atoms with Crippen LogP contribution in [0.3, 0.4) is 0 Å². The molecule has 2 N–H and O–H groups in total. The first kappa shape index (κ1) is 14.8. The molecule has 1 aromatic rings. The van der Waals surface area contributed by atoms with Crippen LogP contribution in [0.1, 0.15) is 12.5 Å². The molecule has 2 rings (SSSR count). The first-order valence-corrected chi connectivity index (χ1v) is 7.37. The Kier molecular flexibility index (Phi) is 5.21. The third kappa shape index (κ3) is 3.69. The summed E-state index contributed by atoms with van der Waals surface area (Å²) >= 11 is 3.52. The van der Waals surface area contributed by atoms with Gasteiger partial charge in [-0.3, -0.25) is 0 Å². The number of halogens is 1. The van der Waals surface area contributed by atoms with Gasteiger partial charge >= 0.3 is 0 Å². The van der Waals surface area contributed by atoms with Crippen LogP contribution in [0.4, 0.5) is 5.69 Å². The molecule has 1 aromatic carbocycles. The number of hydrogen-bond acceptors (Lipinski definition) is 4. The summed E-state index contributed by atoms with van der Waals surface area (Å²) in [6.45, 7) is 4.53. The number of morpholine rings is 1. The second-order valence-electron chi connectivity index (χ2n) is 4.96. The van der Waals surface area contributed by atoms with Crippen molar-refractivity contribution in [2.75, 3.05) is 31.6 Å². The van der Waals surface area contributed by atoms with Crippen LogP contribution in [-0.2, 0) is 11.3 Å². The van der Waals surface area contributed by atoms with Crippen molar-refractivity contribution in [3.05, 3.63) is 28.2 Å². The lowest BCUT2D eigenvalue weighted by Crippen LogP contribution is -2.48. The molecule has 2 unspecified atom stereocenters. The lowest BCUT2D eigenvalue weighted by Gasteiger charge is -2.38. The fraction of sp³-hybridized carbons (Fsp3) is 0.571. The minimum atomic E-state index is -0.102. The van der Waals surface area contributed by atoms with Crippen LogP contribution < -0.4 is 10.2 Å². The lowest BCUT2D eigenvalue weighted by atomic mass is 10.1. The molecular formula is C14H21BrN2O2. The van der Waals surface area contributed by atoms with Crippen molar-refractivity contribution in [2.45, 2.75) is 25.7 Å². The number of ether oxygens (including phenoxy) is 1. The molecule has 0 aliphatic carbocycles. The van der Waals surface area contributed by atoms with Gasteiger partial charge < -0.3 is 20.1 Å². The van der Waals surface area contributed by atoms with Gasteiger partial charge in [0.2, 0.25) is 0 Å². The summed E-state index contributed by atoms with van der Waals surface area (Å²) < 4.78 is 6.78. The van der Waals surface area contributed by atoms with Crippen LogP contribution in [0, 0.1) is 0 Å². The van der Waals surface area contributed by atoms with Gasteiger partial charge in [0.15, 0.2) is 0 Å². The molecule has 0 amide bonds. The normalized spacial score (nSPS) is 23.7. The van der Waals surface area contributed by atoms with Crippen LogP contribution in [0.25, 0.3) is 0 Å². The highest BCUT2D eigenvalue weighted by Gasteiger charge is 2.26. The van der Waals surface area contributed by atoms with Crippen LogP contribution in [0.2, 0.25) is 0 Å². The molecule has 1 fully saturated rings. The van der Waals surface area contributed by atoms with E-state index in [1.807, 2.05) is 14.0 Å². The zero-order valence-corrected chi connectivity index (χ0v) is 13.0.